The fourth-order valence-corrected chi connectivity index (χ4v) is 3.96. The summed E-state index contributed by atoms with van der Waals surface area (Å²) in [6, 6.07) is 6.06. The third-order valence-corrected chi connectivity index (χ3v) is 5.54. The third kappa shape index (κ3) is 6.04. The van der Waals surface area contributed by atoms with Crippen molar-refractivity contribution in [2.45, 2.75) is 57.8 Å². The van der Waals surface area contributed by atoms with Crippen molar-refractivity contribution in [3.05, 3.63) is 47.5 Å². The molecule has 1 fully saturated rings. The summed E-state index contributed by atoms with van der Waals surface area (Å²) < 4.78 is 24.7. The van der Waals surface area contributed by atoms with Gasteiger partial charge in [0.1, 0.15) is 5.82 Å². The lowest BCUT2D eigenvalue weighted by Crippen LogP contribution is -2.34. The second-order valence-corrected chi connectivity index (χ2v) is 7.63. The van der Waals surface area contributed by atoms with E-state index in [1.54, 1.807) is 12.1 Å². The van der Waals surface area contributed by atoms with Crippen LogP contribution in [0.15, 0.2) is 36.1 Å². The Kier molecular flexibility index (Phi) is 7.86. The van der Waals surface area contributed by atoms with Crippen LogP contribution in [0.2, 0.25) is 0 Å². The number of allylic oxidation sites excluding steroid dienone is 1. The van der Waals surface area contributed by atoms with Crippen LogP contribution in [0.3, 0.4) is 0 Å². The molecule has 0 bridgehead atoms. The monoisotopic (exact) mass is 391 g/mol. The molecule has 1 aromatic carbocycles. The minimum atomic E-state index is -0.430. The SMILES string of the molecule is O=C(NCc1ccc(F)cc1)C1=C[C@H](C2CCCC2)C[C@H](OCCCCO)O1. The molecule has 1 amide bonds. The van der Waals surface area contributed by atoms with Crippen molar-refractivity contribution in [1.82, 2.24) is 5.32 Å². The molecule has 1 saturated carbocycles. The van der Waals surface area contributed by atoms with Crippen molar-refractivity contribution in [1.29, 1.82) is 0 Å². The Hall–Kier alpha value is -1.92. The molecule has 0 unspecified atom stereocenters. The molecule has 1 aromatic rings. The summed E-state index contributed by atoms with van der Waals surface area (Å²) in [5.74, 6) is 0.611. The van der Waals surface area contributed by atoms with E-state index in [4.69, 9.17) is 14.6 Å². The number of carbonyl (C=O) groups excluding carboxylic acids is 1. The van der Waals surface area contributed by atoms with Gasteiger partial charge in [-0.15, -0.1) is 0 Å². The number of hydrogen-bond donors (Lipinski definition) is 2. The van der Waals surface area contributed by atoms with Gasteiger partial charge in [0.15, 0.2) is 5.76 Å². The number of amides is 1. The number of nitrogens with one attached hydrogen (secondary N) is 1. The van der Waals surface area contributed by atoms with E-state index in [-0.39, 0.29) is 24.2 Å². The maximum Gasteiger partial charge on any atom is 0.286 e. The lowest BCUT2D eigenvalue weighted by atomic mass is 9.86. The topological polar surface area (TPSA) is 67.8 Å². The Morgan fingerprint density at radius 1 is 1.21 bits per heavy atom. The normalized spacial score (nSPS) is 22.6. The molecule has 154 valence electrons. The third-order valence-electron chi connectivity index (χ3n) is 5.54. The molecule has 2 aliphatic rings. The van der Waals surface area contributed by atoms with Crippen LogP contribution in [0.4, 0.5) is 4.39 Å². The van der Waals surface area contributed by atoms with Crippen LogP contribution in [0.25, 0.3) is 0 Å². The summed E-state index contributed by atoms with van der Waals surface area (Å²) in [7, 11) is 0. The first-order valence-electron chi connectivity index (χ1n) is 10.3. The summed E-state index contributed by atoms with van der Waals surface area (Å²) >= 11 is 0. The van der Waals surface area contributed by atoms with Gasteiger partial charge < -0.3 is 19.9 Å². The highest BCUT2D eigenvalue weighted by Gasteiger charge is 2.33. The van der Waals surface area contributed by atoms with E-state index in [1.165, 1.54) is 37.8 Å². The molecule has 1 aliphatic carbocycles. The van der Waals surface area contributed by atoms with E-state index in [9.17, 15) is 9.18 Å². The largest absolute Gasteiger partial charge is 0.459 e. The maximum atomic E-state index is 13.0. The second kappa shape index (κ2) is 10.6. The van der Waals surface area contributed by atoms with Crippen LogP contribution in [0.1, 0.15) is 50.5 Å². The van der Waals surface area contributed by atoms with Crippen LogP contribution in [-0.2, 0) is 20.8 Å². The molecule has 1 heterocycles. The predicted molar refractivity (Wildman–Crippen MR) is 104 cm³/mol. The molecular weight excluding hydrogens is 361 g/mol. The molecule has 3 rings (SSSR count). The standard InChI is InChI=1S/C22H30FNO4/c23-19-9-7-16(8-10-19)15-24-22(26)20-13-18(17-5-1-2-6-17)14-21(28-20)27-12-4-3-11-25/h7-10,13,17-18,21,25H,1-6,11-12,14-15H2,(H,24,26)/t18-,21+/m0/s1. The molecule has 0 radical (unpaired) electrons. The van der Waals surface area contributed by atoms with Crippen molar-refractivity contribution in [2.24, 2.45) is 11.8 Å². The van der Waals surface area contributed by atoms with Crippen LogP contribution in [0.5, 0.6) is 0 Å². The lowest BCUT2D eigenvalue weighted by Gasteiger charge is -2.32. The molecule has 0 spiro atoms. The van der Waals surface area contributed by atoms with E-state index in [2.05, 4.69) is 5.32 Å². The van der Waals surface area contributed by atoms with E-state index in [1.807, 2.05) is 6.08 Å². The number of benzene rings is 1. The molecule has 28 heavy (non-hydrogen) atoms. The maximum absolute atomic E-state index is 13.0. The van der Waals surface area contributed by atoms with E-state index in [0.29, 0.717) is 31.2 Å². The van der Waals surface area contributed by atoms with E-state index in [0.717, 1.165) is 18.4 Å². The highest BCUT2D eigenvalue weighted by atomic mass is 19.1. The summed E-state index contributed by atoms with van der Waals surface area (Å²) in [4.78, 5) is 12.7. The molecule has 5 nitrogen and oxygen atoms in total. The van der Waals surface area contributed by atoms with E-state index >= 15 is 0 Å². The summed E-state index contributed by atoms with van der Waals surface area (Å²) in [5, 5.41) is 11.8. The minimum absolute atomic E-state index is 0.149. The zero-order valence-electron chi connectivity index (χ0n) is 16.2. The number of unbranched alkanes of at least 4 members (excludes halogenated alkanes) is 1. The van der Waals surface area contributed by atoms with Crippen LogP contribution >= 0.6 is 0 Å². The first kappa shape index (κ1) is 20.8. The smallest absolute Gasteiger partial charge is 0.286 e. The Bertz CT molecular complexity index is 655. The molecule has 0 saturated heterocycles. The fraction of sp³-hybridized carbons (Fsp3) is 0.591. The van der Waals surface area contributed by atoms with Crippen molar-refractivity contribution < 1.29 is 23.8 Å². The van der Waals surface area contributed by atoms with Gasteiger partial charge in [-0.05, 0) is 61.3 Å². The Labute approximate surface area is 165 Å². The average Bonchev–Trinajstić information content (AvgIpc) is 3.25. The summed E-state index contributed by atoms with van der Waals surface area (Å²) in [6.07, 6.45) is 8.60. The molecular formula is C22H30FNO4. The summed E-state index contributed by atoms with van der Waals surface area (Å²) in [6.45, 7) is 0.972. The number of aliphatic hydroxyl groups is 1. The average molecular weight is 391 g/mol. The van der Waals surface area contributed by atoms with Gasteiger partial charge in [-0.2, -0.15) is 0 Å². The Morgan fingerprint density at radius 3 is 2.68 bits per heavy atom. The van der Waals surface area contributed by atoms with Gasteiger partial charge in [0.25, 0.3) is 5.91 Å². The van der Waals surface area contributed by atoms with Gasteiger partial charge in [-0.1, -0.05) is 25.0 Å². The molecule has 1 aliphatic heterocycles. The Morgan fingerprint density at radius 2 is 1.96 bits per heavy atom. The molecule has 2 atom stereocenters. The molecule has 6 heteroatoms. The number of halogens is 1. The first-order valence-corrected chi connectivity index (χ1v) is 10.3. The first-order chi connectivity index (χ1) is 13.7. The molecule has 2 N–H and O–H groups in total. The number of hydrogen-bond acceptors (Lipinski definition) is 4. The Balaban J connectivity index is 1.59. The van der Waals surface area contributed by atoms with Gasteiger partial charge >= 0.3 is 0 Å². The fourth-order valence-electron chi connectivity index (χ4n) is 3.96. The highest BCUT2D eigenvalue weighted by molar-refractivity contribution is 5.91. The quantitative estimate of drug-likeness (QED) is 0.631. The van der Waals surface area contributed by atoms with Gasteiger partial charge in [0.2, 0.25) is 6.29 Å². The van der Waals surface area contributed by atoms with Crippen LogP contribution < -0.4 is 5.32 Å². The van der Waals surface area contributed by atoms with Crippen molar-refractivity contribution in [3.63, 3.8) is 0 Å². The van der Waals surface area contributed by atoms with Crippen LogP contribution in [0, 0.1) is 17.7 Å². The zero-order valence-corrected chi connectivity index (χ0v) is 16.2. The minimum Gasteiger partial charge on any atom is -0.459 e. The van der Waals surface area contributed by atoms with Crippen molar-refractivity contribution in [2.75, 3.05) is 13.2 Å². The van der Waals surface area contributed by atoms with Gasteiger partial charge in [-0.25, -0.2) is 4.39 Å². The van der Waals surface area contributed by atoms with Gasteiger partial charge in [0.05, 0.1) is 6.61 Å². The van der Waals surface area contributed by atoms with Crippen molar-refractivity contribution in [3.8, 4) is 0 Å². The molecule has 0 aromatic heterocycles. The zero-order chi connectivity index (χ0) is 19.8. The van der Waals surface area contributed by atoms with Crippen molar-refractivity contribution >= 4 is 5.91 Å². The lowest BCUT2D eigenvalue weighted by molar-refractivity contribution is -0.151. The van der Waals surface area contributed by atoms with Crippen LogP contribution in [-0.4, -0.2) is 30.5 Å². The number of aliphatic hydroxyl groups excluding tert-OH is 1. The number of carbonyl (C=O) groups is 1. The summed E-state index contributed by atoms with van der Waals surface area (Å²) in [5.41, 5.74) is 0.829. The number of ether oxygens (including phenoxy) is 2. The highest BCUT2D eigenvalue weighted by Crippen LogP contribution is 2.38. The predicted octanol–water partition coefficient (Wildman–Crippen LogP) is 3.67. The van der Waals surface area contributed by atoms with Gasteiger partial charge in [0, 0.05) is 19.6 Å². The number of rotatable bonds is 9. The second-order valence-electron chi connectivity index (χ2n) is 7.63. The van der Waals surface area contributed by atoms with Gasteiger partial charge in [-0.3, -0.25) is 4.79 Å². The van der Waals surface area contributed by atoms with E-state index < -0.39 is 6.29 Å².